The molecule has 2 rings (SSSR count). The topological polar surface area (TPSA) is 55.3 Å². The number of hydrogen-bond donors (Lipinski definition) is 0. The zero-order chi connectivity index (χ0) is 14.8. The van der Waals surface area contributed by atoms with Crippen molar-refractivity contribution in [2.75, 3.05) is 13.1 Å². The normalized spacial score (nSPS) is 19.2. The monoisotopic (exact) mass is 297 g/mol. The highest BCUT2D eigenvalue weighted by Gasteiger charge is 2.29. The average molecular weight is 298 g/mol. The number of hydrogen-bond acceptors (Lipinski definition) is 4. The lowest BCUT2D eigenvalue weighted by Gasteiger charge is -2.24. The molecule has 1 fully saturated rings. The van der Waals surface area contributed by atoms with Crippen LogP contribution in [0.2, 0.25) is 5.15 Å². The van der Waals surface area contributed by atoms with Crippen molar-refractivity contribution < 1.29 is 9.53 Å². The molecule has 1 aliphatic heterocycles. The van der Waals surface area contributed by atoms with E-state index in [9.17, 15) is 4.79 Å². The molecule has 1 aliphatic rings. The fourth-order valence-corrected chi connectivity index (χ4v) is 2.33. The van der Waals surface area contributed by atoms with Crippen LogP contribution in [0.3, 0.4) is 0 Å². The molecule has 0 unspecified atom stereocenters. The first-order chi connectivity index (χ1) is 9.33. The van der Waals surface area contributed by atoms with Crippen LogP contribution >= 0.6 is 11.6 Å². The molecule has 110 valence electrons. The lowest BCUT2D eigenvalue weighted by molar-refractivity contribution is 0.0288. The Morgan fingerprint density at radius 2 is 2.20 bits per heavy atom. The summed E-state index contributed by atoms with van der Waals surface area (Å²) < 4.78 is 5.38. The molecule has 20 heavy (non-hydrogen) atoms. The Hall–Kier alpha value is -1.36. The summed E-state index contributed by atoms with van der Waals surface area (Å²) in [5.74, 6) is 0.401. The van der Waals surface area contributed by atoms with E-state index in [4.69, 9.17) is 16.3 Å². The Labute approximate surface area is 124 Å². The predicted octanol–water partition coefficient (Wildman–Crippen LogP) is 2.93. The van der Waals surface area contributed by atoms with Crippen LogP contribution in [0.4, 0.5) is 4.79 Å². The molecular weight excluding hydrogens is 278 g/mol. The van der Waals surface area contributed by atoms with Crippen LogP contribution in [0.15, 0.2) is 12.4 Å². The van der Waals surface area contributed by atoms with Gasteiger partial charge in [0.1, 0.15) is 10.8 Å². The average Bonchev–Trinajstić information content (AvgIpc) is 2.79. The van der Waals surface area contributed by atoms with Gasteiger partial charge in [0.25, 0.3) is 0 Å². The van der Waals surface area contributed by atoms with Crippen molar-refractivity contribution in [3.63, 3.8) is 0 Å². The number of amides is 1. The maximum atomic E-state index is 12.0. The number of aromatic nitrogens is 2. The van der Waals surface area contributed by atoms with Gasteiger partial charge in [-0.2, -0.15) is 0 Å². The van der Waals surface area contributed by atoms with Crippen LogP contribution in [-0.4, -0.2) is 39.7 Å². The molecule has 0 radical (unpaired) electrons. The van der Waals surface area contributed by atoms with Gasteiger partial charge in [0.2, 0.25) is 0 Å². The predicted molar refractivity (Wildman–Crippen MR) is 76.7 cm³/mol. The van der Waals surface area contributed by atoms with Gasteiger partial charge in [-0.25, -0.2) is 9.78 Å². The molecule has 0 N–H and O–H groups in total. The summed E-state index contributed by atoms with van der Waals surface area (Å²) in [6, 6.07) is 0. The molecule has 5 nitrogen and oxygen atoms in total. The zero-order valence-corrected chi connectivity index (χ0v) is 12.9. The third kappa shape index (κ3) is 4.34. The molecule has 0 spiro atoms. The Kier molecular flexibility index (Phi) is 4.48. The van der Waals surface area contributed by atoms with E-state index >= 15 is 0 Å². The highest BCUT2D eigenvalue weighted by molar-refractivity contribution is 6.29. The molecule has 1 saturated heterocycles. The van der Waals surface area contributed by atoms with Crippen LogP contribution < -0.4 is 0 Å². The van der Waals surface area contributed by atoms with Crippen LogP contribution in [0.1, 0.15) is 32.9 Å². The fourth-order valence-electron chi connectivity index (χ4n) is 2.23. The number of carbonyl (C=O) groups excluding carboxylic acids is 1. The Balaban J connectivity index is 1.86. The van der Waals surface area contributed by atoms with E-state index in [0.29, 0.717) is 17.6 Å². The molecule has 0 aromatic carbocycles. The molecule has 0 saturated carbocycles. The molecule has 1 aromatic heterocycles. The minimum absolute atomic E-state index is 0.234. The van der Waals surface area contributed by atoms with E-state index in [2.05, 4.69) is 9.97 Å². The van der Waals surface area contributed by atoms with Crippen molar-refractivity contribution >= 4 is 17.7 Å². The molecule has 1 atom stereocenters. The maximum Gasteiger partial charge on any atom is 0.410 e. The second kappa shape index (κ2) is 5.95. The quantitative estimate of drug-likeness (QED) is 0.842. The highest BCUT2D eigenvalue weighted by Crippen LogP contribution is 2.22. The van der Waals surface area contributed by atoms with Gasteiger partial charge in [-0.15, -0.1) is 0 Å². The standard InChI is InChI=1S/C14H20ClN3O2/c1-14(2,3)20-13(19)18-5-4-10(9-18)6-11-7-17-12(15)8-16-11/h7-8,10H,4-6,9H2,1-3H3/t10-/m0/s1. The van der Waals surface area contributed by atoms with Gasteiger partial charge in [-0.1, -0.05) is 11.6 Å². The molecule has 0 bridgehead atoms. The van der Waals surface area contributed by atoms with Crippen LogP contribution in [0.25, 0.3) is 0 Å². The van der Waals surface area contributed by atoms with E-state index < -0.39 is 5.60 Å². The number of nitrogens with zero attached hydrogens (tertiary/aromatic N) is 3. The van der Waals surface area contributed by atoms with Crippen molar-refractivity contribution in [1.82, 2.24) is 14.9 Å². The Bertz CT molecular complexity index is 470. The first-order valence-electron chi connectivity index (χ1n) is 6.78. The van der Waals surface area contributed by atoms with Gasteiger partial charge in [0, 0.05) is 13.1 Å². The van der Waals surface area contributed by atoms with Crippen molar-refractivity contribution in [3.05, 3.63) is 23.2 Å². The van der Waals surface area contributed by atoms with Gasteiger partial charge in [0.15, 0.2) is 0 Å². The van der Waals surface area contributed by atoms with Gasteiger partial charge in [-0.05, 0) is 39.5 Å². The van der Waals surface area contributed by atoms with E-state index in [1.165, 1.54) is 0 Å². The summed E-state index contributed by atoms with van der Waals surface area (Å²) >= 11 is 5.71. The summed E-state index contributed by atoms with van der Waals surface area (Å²) in [5.41, 5.74) is 0.460. The minimum Gasteiger partial charge on any atom is -0.444 e. The first kappa shape index (κ1) is 15.0. The number of ether oxygens (including phenoxy) is 1. The summed E-state index contributed by atoms with van der Waals surface area (Å²) in [7, 11) is 0. The SMILES string of the molecule is CC(C)(C)OC(=O)N1CC[C@@H](Cc2cnc(Cl)cn2)C1. The fraction of sp³-hybridized carbons (Fsp3) is 0.643. The van der Waals surface area contributed by atoms with Crippen molar-refractivity contribution in [3.8, 4) is 0 Å². The first-order valence-corrected chi connectivity index (χ1v) is 7.15. The molecule has 1 amide bonds. The number of carbonyl (C=O) groups is 1. The van der Waals surface area contributed by atoms with Gasteiger partial charge >= 0.3 is 6.09 Å². The molecule has 1 aromatic rings. The second-order valence-corrected chi connectivity index (χ2v) is 6.50. The minimum atomic E-state index is -0.448. The summed E-state index contributed by atoms with van der Waals surface area (Å²) in [4.78, 5) is 22.0. The molecule has 2 heterocycles. The van der Waals surface area contributed by atoms with E-state index in [-0.39, 0.29) is 6.09 Å². The van der Waals surface area contributed by atoms with E-state index in [1.54, 1.807) is 17.3 Å². The highest BCUT2D eigenvalue weighted by atomic mass is 35.5. The third-order valence-corrected chi connectivity index (χ3v) is 3.30. The summed E-state index contributed by atoms with van der Waals surface area (Å²) in [6.45, 7) is 7.07. The maximum absolute atomic E-state index is 12.0. The zero-order valence-electron chi connectivity index (χ0n) is 12.1. The molecular formula is C14H20ClN3O2. The van der Waals surface area contributed by atoms with Gasteiger partial charge in [-0.3, -0.25) is 4.98 Å². The number of halogens is 1. The molecule has 6 heteroatoms. The molecule has 0 aliphatic carbocycles. The van der Waals surface area contributed by atoms with E-state index in [1.807, 2.05) is 20.8 Å². The second-order valence-electron chi connectivity index (χ2n) is 6.12. The van der Waals surface area contributed by atoms with Crippen LogP contribution in [-0.2, 0) is 11.2 Å². The van der Waals surface area contributed by atoms with Crippen molar-refractivity contribution in [2.45, 2.75) is 39.2 Å². The van der Waals surface area contributed by atoms with Gasteiger partial charge < -0.3 is 9.64 Å². The number of rotatable bonds is 2. The Morgan fingerprint density at radius 1 is 1.45 bits per heavy atom. The van der Waals surface area contributed by atoms with E-state index in [0.717, 1.165) is 25.1 Å². The van der Waals surface area contributed by atoms with Crippen LogP contribution in [0.5, 0.6) is 0 Å². The van der Waals surface area contributed by atoms with Crippen LogP contribution in [0, 0.1) is 5.92 Å². The largest absolute Gasteiger partial charge is 0.444 e. The summed E-state index contributed by atoms with van der Waals surface area (Å²) in [6.07, 6.45) is 4.78. The third-order valence-electron chi connectivity index (χ3n) is 3.11. The summed E-state index contributed by atoms with van der Waals surface area (Å²) in [5, 5.41) is 0.399. The smallest absolute Gasteiger partial charge is 0.410 e. The number of likely N-dealkylation sites (tertiary alicyclic amines) is 1. The lowest BCUT2D eigenvalue weighted by Crippen LogP contribution is -2.35. The van der Waals surface area contributed by atoms with Crippen molar-refractivity contribution in [1.29, 1.82) is 0 Å². The lowest BCUT2D eigenvalue weighted by atomic mass is 10.0. The van der Waals surface area contributed by atoms with Crippen molar-refractivity contribution in [2.24, 2.45) is 5.92 Å². The Morgan fingerprint density at radius 3 is 2.80 bits per heavy atom. The van der Waals surface area contributed by atoms with Gasteiger partial charge in [0.05, 0.1) is 18.1 Å².